The second-order valence-corrected chi connectivity index (χ2v) is 6.42. The molecule has 0 bridgehead atoms. The maximum Gasteiger partial charge on any atom is 0.118 e. The third-order valence-electron chi connectivity index (χ3n) is 1.66. The van der Waals surface area contributed by atoms with E-state index in [2.05, 4.69) is 26.1 Å². The van der Waals surface area contributed by atoms with Crippen molar-refractivity contribution in [2.45, 2.75) is 11.2 Å². The van der Waals surface area contributed by atoms with Crippen LogP contribution in [0.3, 0.4) is 0 Å². The van der Waals surface area contributed by atoms with Crippen LogP contribution in [0.4, 0.5) is 0 Å². The molecule has 0 aliphatic carbocycles. The quantitative estimate of drug-likeness (QED) is 0.803. The van der Waals surface area contributed by atoms with Gasteiger partial charge < -0.3 is 0 Å². The lowest BCUT2D eigenvalue weighted by molar-refractivity contribution is 0.909. The number of hydrogen-bond acceptors (Lipinski definition) is 4. The molecule has 0 aliphatic heterocycles. The second kappa shape index (κ2) is 4.70. The highest BCUT2D eigenvalue weighted by Gasteiger charge is 2.12. The van der Waals surface area contributed by atoms with E-state index >= 15 is 0 Å². The minimum absolute atomic E-state index is 0.285. The number of halogens is 2. The van der Waals surface area contributed by atoms with Crippen LogP contribution in [0.1, 0.15) is 14.7 Å². The van der Waals surface area contributed by atoms with Gasteiger partial charge in [0.05, 0.1) is 9.16 Å². The minimum Gasteiger partial charge on any atom is -0.147 e. The average molecular weight is 310 g/mol. The molecular weight excluding hydrogens is 304 g/mol. The fraction of sp³-hybridized carbons (Fsp3) is 0.250. The number of nitrogens with zero attached hydrogens (tertiary/aromatic N) is 2. The van der Waals surface area contributed by atoms with Crippen molar-refractivity contribution < 1.29 is 0 Å². The lowest BCUT2D eigenvalue weighted by Crippen LogP contribution is -1.91. The van der Waals surface area contributed by atoms with Crippen LogP contribution in [-0.4, -0.2) is 10.2 Å². The van der Waals surface area contributed by atoms with E-state index in [0.717, 1.165) is 15.8 Å². The zero-order chi connectivity index (χ0) is 9.97. The molecule has 2 heterocycles. The van der Waals surface area contributed by atoms with Crippen molar-refractivity contribution >= 4 is 50.2 Å². The summed E-state index contributed by atoms with van der Waals surface area (Å²) in [6.45, 7) is 0. The molecule has 0 saturated heterocycles. The van der Waals surface area contributed by atoms with Gasteiger partial charge in [-0.3, -0.25) is 0 Å². The van der Waals surface area contributed by atoms with Crippen LogP contribution in [0, 0.1) is 0 Å². The molecule has 1 unspecified atom stereocenters. The van der Waals surface area contributed by atoms with Crippen molar-refractivity contribution in [1.82, 2.24) is 10.2 Å². The fourth-order valence-electron chi connectivity index (χ4n) is 1.04. The molecule has 74 valence electrons. The molecule has 0 aromatic carbocycles. The molecule has 1 atom stereocenters. The summed E-state index contributed by atoms with van der Waals surface area (Å²) in [6.07, 6.45) is 0.863. The topological polar surface area (TPSA) is 25.8 Å². The normalized spacial score (nSPS) is 13.0. The van der Waals surface area contributed by atoms with Crippen molar-refractivity contribution in [2.24, 2.45) is 0 Å². The van der Waals surface area contributed by atoms with Crippen LogP contribution in [0.25, 0.3) is 0 Å². The Labute approximate surface area is 103 Å². The number of hydrogen-bond donors (Lipinski definition) is 0. The maximum absolute atomic E-state index is 5.86. The summed E-state index contributed by atoms with van der Waals surface area (Å²) >= 11 is 12.6. The molecular formula is C8H6BrClN2S2. The zero-order valence-corrected chi connectivity index (χ0v) is 11.0. The Hall–Kier alpha value is 0.0300. The Balaban J connectivity index is 2.06. The largest absolute Gasteiger partial charge is 0.147 e. The average Bonchev–Trinajstić information content (AvgIpc) is 2.75. The molecule has 0 aliphatic rings. The van der Waals surface area contributed by atoms with Gasteiger partial charge in [0.2, 0.25) is 0 Å². The Morgan fingerprint density at radius 1 is 1.50 bits per heavy atom. The molecule has 2 aromatic rings. The number of aromatic nitrogens is 2. The first-order valence-corrected chi connectivity index (χ1v) is 6.89. The summed E-state index contributed by atoms with van der Waals surface area (Å²) in [7, 11) is 0. The third-order valence-corrected chi connectivity index (χ3v) is 4.85. The highest BCUT2D eigenvalue weighted by Crippen LogP contribution is 2.34. The van der Waals surface area contributed by atoms with Gasteiger partial charge in [-0.05, 0) is 12.1 Å². The fourth-order valence-corrected chi connectivity index (χ4v) is 3.60. The van der Waals surface area contributed by atoms with Crippen LogP contribution in [-0.2, 0) is 6.42 Å². The van der Waals surface area contributed by atoms with E-state index in [4.69, 9.17) is 11.6 Å². The number of thiophene rings is 1. The van der Waals surface area contributed by atoms with Gasteiger partial charge in [0.25, 0.3) is 0 Å². The van der Waals surface area contributed by atoms with Crippen molar-refractivity contribution in [2.75, 3.05) is 0 Å². The zero-order valence-electron chi connectivity index (χ0n) is 6.98. The van der Waals surface area contributed by atoms with E-state index in [1.807, 2.05) is 12.1 Å². The summed E-state index contributed by atoms with van der Waals surface area (Å²) in [4.78, 5) is 1.51. The molecule has 0 saturated carbocycles. The molecule has 0 fully saturated rings. The molecule has 2 rings (SSSR count). The third kappa shape index (κ3) is 2.53. The first-order valence-electron chi connectivity index (χ1n) is 3.90. The van der Waals surface area contributed by atoms with E-state index in [-0.39, 0.29) is 4.83 Å². The Kier molecular flexibility index (Phi) is 3.54. The maximum atomic E-state index is 5.86. The lowest BCUT2D eigenvalue weighted by atomic mass is 10.3. The Morgan fingerprint density at radius 2 is 2.36 bits per heavy atom. The summed E-state index contributed by atoms with van der Waals surface area (Å²) in [5.74, 6) is 0. The predicted molar refractivity (Wildman–Crippen MR) is 64.6 cm³/mol. The Bertz CT molecular complexity index is 401. The van der Waals surface area contributed by atoms with Crippen LogP contribution in [0.15, 0.2) is 17.6 Å². The monoisotopic (exact) mass is 308 g/mol. The van der Waals surface area contributed by atoms with Crippen molar-refractivity contribution in [3.05, 3.63) is 31.9 Å². The summed E-state index contributed by atoms with van der Waals surface area (Å²) < 4.78 is 0.821. The standard InChI is InChI=1S/C8H6BrClN2S2/c9-5(3-8-12-11-4-13-8)6-1-2-7(10)14-6/h1-2,4-5H,3H2. The highest BCUT2D eigenvalue weighted by molar-refractivity contribution is 9.09. The van der Waals surface area contributed by atoms with Gasteiger partial charge in [0.1, 0.15) is 10.5 Å². The van der Waals surface area contributed by atoms with Crippen molar-refractivity contribution in [3.8, 4) is 0 Å². The predicted octanol–water partition coefficient (Wildman–Crippen LogP) is 3.93. The van der Waals surface area contributed by atoms with E-state index in [9.17, 15) is 0 Å². The molecule has 14 heavy (non-hydrogen) atoms. The van der Waals surface area contributed by atoms with E-state index in [1.54, 1.807) is 28.2 Å². The van der Waals surface area contributed by atoms with Gasteiger partial charge in [-0.2, -0.15) is 0 Å². The molecule has 0 spiro atoms. The van der Waals surface area contributed by atoms with Crippen LogP contribution >= 0.6 is 50.2 Å². The summed E-state index contributed by atoms with van der Waals surface area (Å²) in [5.41, 5.74) is 1.75. The van der Waals surface area contributed by atoms with Crippen molar-refractivity contribution in [1.29, 1.82) is 0 Å². The lowest BCUT2D eigenvalue weighted by Gasteiger charge is -2.03. The van der Waals surface area contributed by atoms with Gasteiger partial charge >= 0.3 is 0 Å². The van der Waals surface area contributed by atoms with Gasteiger partial charge in [0, 0.05) is 11.3 Å². The van der Waals surface area contributed by atoms with Crippen LogP contribution in [0.5, 0.6) is 0 Å². The van der Waals surface area contributed by atoms with Crippen LogP contribution < -0.4 is 0 Å². The molecule has 0 N–H and O–H groups in total. The van der Waals surface area contributed by atoms with Crippen LogP contribution in [0.2, 0.25) is 4.34 Å². The Morgan fingerprint density at radius 3 is 2.93 bits per heavy atom. The molecule has 2 nitrogen and oxygen atoms in total. The van der Waals surface area contributed by atoms with E-state index in [1.165, 1.54) is 4.88 Å². The SMILES string of the molecule is Clc1ccc(C(Br)Cc2nncs2)s1. The second-order valence-electron chi connectivity index (χ2n) is 2.65. The van der Waals surface area contributed by atoms with Gasteiger partial charge in [-0.1, -0.05) is 27.5 Å². The van der Waals surface area contributed by atoms with Gasteiger partial charge in [-0.25, -0.2) is 0 Å². The van der Waals surface area contributed by atoms with Crippen molar-refractivity contribution in [3.63, 3.8) is 0 Å². The summed E-state index contributed by atoms with van der Waals surface area (Å²) in [5, 5.41) is 8.84. The van der Waals surface area contributed by atoms with Gasteiger partial charge in [-0.15, -0.1) is 32.9 Å². The number of alkyl halides is 1. The minimum atomic E-state index is 0.285. The summed E-state index contributed by atoms with van der Waals surface area (Å²) in [6, 6.07) is 3.95. The molecule has 6 heteroatoms. The molecule has 0 amide bonds. The van der Waals surface area contributed by atoms with E-state index in [0.29, 0.717) is 0 Å². The number of rotatable bonds is 3. The molecule has 0 radical (unpaired) electrons. The first-order chi connectivity index (χ1) is 6.75. The smallest absolute Gasteiger partial charge is 0.118 e. The van der Waals surface area contributed by atoms with Gasteiger partial charge in [0.15, 0.2) is 0 Å². The van der Waals surface area contributed by atoms with E-state index < -0.39 is 0 Å². The first kappa shape index (κ1) is 10.5. The highest BCUT2D eigenvalue weighted by atomic mass is 79.9. The molecule has 2 aromatic heterocycles.